The van der Waals surface area contributed by atoms with E-state index in [2.05, 4.69) is 6.58 Å². The molecule has 0 aromatic heterocycles. The number of carbonyl (C=O) groups excluding carboxylic acids is 2. The smallest absolute Gasteiger partial charge is 0.253 e. The molecular weight excluding hydrogens is 349 g/mol. The van der Waals surface area contributed by atoms with Gasteiger partial charge in [-0.25, -0.2) is 0 Å². The van der Waals surface area contributed by atoms with E-state index in [9.17, 15) is 14.7 Å². The lowest BCUT2D eigenvalue weighted by molar-refractivity contribution is -0.137. The van der Waals surface area contributed by atoms with Crippen molar-refractivity contribution >= 4 is 35.0 Å². The Balaban J connectivity index is 2.28. The van der Waals surface area contributed by atoms with Crippen LogP contribution in [-0.4, -0.2) is 38.6 Å². The molecule has 0 bridgehead atoms. The molecule has 126 valence electrons. The number of phenolic OH excluding ortho intramolecular Hbond substituents is 1. The predicted octanol–water partition coefficient (Wildman–Crippen LogP) is 3.25. The summed E-state index contributed by atoms with van der Waals surface area (Å²) in [4.78, 5) is 23.2. The van der Waals surface area contributed by atoms with E-state index >= 15 is 0 Å². The van der Waals surface area contributed by atoms with Crippen molar-refractivity contribution in [1.82, 2.24) is 4.90 Å². The standard InChI is InChI=1S/C18H17Cl2NO3/c1-4-11-7-8-17(19)15(23)21(3)16(24)18(17,20)14(11)12-5-6-13(22)10(2)9-12/h4-7,9,14,22H,1,8H2,2-3H3/t14-,17-,18+/m1/s1. The summed E-state index contributed by atoms with van der Waals surface area (Å²) in [5, 5.41) is 9.78. The van der Waals surface area contributed by atoms with Crippen molar-refractivity contribution in [2.24, 2.45) is 0 Å². The van der Waals surface area contributed by atoms with Gasteiger partial charge in [0.25, 0.3) is 11.8 Å². The maximum atomic E-state index is 12.9. The number of halogens is 2. The molecule has 0 spiro atoms. The monoisotopic (exact) mass is 365 g/mol. The summed E-state index contributed by atoms with van der Waals surface area (Å²) in [6.45, 7) is 5.55. The number of allylic oxidation sites excluding steroid dienone is 3. The predicted molar refractivity (Wildman–Crippen MR) is 93.4 cm³/mol. The Bertz CT molecular complexity index is 803. The molecule has 1 aromatic rings. The lowest BCUT2D eigenvalue weighted by Crippen LogP contribution is -2.54. The third-order valence-electron chi connectivity index (χ3n) is 4.98. The molecule has 1 aliphatic heterocycles. The summed E-state index contributed by atoms with van der Waals surface area (Å²) in [6, 6.07) is 4.98. The van der Waals surface area contributed by atoms with Gasteiger partial charge in [-0.15, -0.1) is 23.2 Å². The molecule has 3 rings (SSSR count). The second kappa shape index (κ2) is 5.36. The Morgan fingerprint density at radius 1 is 1.33 bits per heavy atom. The SMILES string of the molecule is C=CC1=CC[C@@]2(Cl)C(=O)N(C)C(=O)[C@@]2(Cl)[C@H]1c1ccc(O)c(C)c1. The van der Waals surface area contributed by atoms with Gasteiger partial charge < -0.3 is 5.11 Å². The third kappa shape index (κ3) is 1.93. The van der Waals surface area contributed by atoms with Crippen molar-refractivity contribution in [3.8, 4) is 5.75 Å². The van der Waals surface area contributed by atoms with Crippen LogP contribution in [0.3, 0.4) is 0 Å². The van der Waals surface area contributed by atoms with Gasteiger partial charge in [-0.1, -0.05) is 30.9 Å². The van der Waals surface area contributed by atoms with Crippen LogP contribution in [0, 0.1) is 6.92 Å². The zero-order valence-electron chi connectivity index (χ0n) is 13.3. The van der Waals surface area contributed by atoms with Crippen molar-refractivity contribution in [2.45, 2.75) is 29.0 Å². The lowest BCUT2D eigenvalue weighted by atomic mass is 9.68. The Morgan fingerprint density at radius 2 is 2.00 bits per heavy atom. The van der Waals surface area contributed by atoms with Gasteiger partial charge in [-0.2, -0.15) is 0 Å². The molecule has 1 heterocycles. The quantitative estimate of drug-likeness (QED) is 0.646. The number of benzene rings is 1. The topological polar surface area (TPSA) is 57.6 Å². The van der Waals surface area contributed by atoms with Crippen LogP contribution in [0.1, 0.15) is 23.5 Å². The van der Waals surface area contributed by atoms with E-state index in [0.717, 1.165) is 10.5 Å². The fourth-order valence-electron chi connectivity index (χ4n) is 3.60. The molecule has 2 aliphatic rings. The molecule has 0 saturated carbocycles. The molecular formula is C18H17Cl2NO3. The number of phenols is 1. The molecule has 1 saturated heterocycles. The fourth-order valence-corrected chi connectivity index (χ4v) is 4.53. The van der Waals surface area contributed by atoms with Gasteiger partial charge in [0, 0.05) is 13.0 Å². The second-order valence-electron chi connectivity index (χ2n) is 6.27. The average Bonchev–Trinajstić information content (AvgIpc) is 2.69. The minimum Gasteiger partial charge on any atom is -0.508 e. The summed E-state index contributed by atoms with van der Waals surface area (Å²) in [7, 11) is 1.39. The zero-order valence-corrected chi connectivity index (χ0v) is 14.9. The first-order chi connectivity index (χ1) is 11.2. The molecule has 1 fully saturated rings. The molecule has 6 heteroatoms. The van der Waals surface area contributed by atoms with E-state index in [-0.39, 0.29) is 12.2 Å². The van der Waals surface area contributed by atoms with Crippen LogP contribution in [-0.2, 0) is 9.59 Å². The van der Waals surface area contributed by atoms with Crippen molar-refractivity contribution in [1.29, 1.82) is 0 Å². The van der Waals surface area contributed by atoms with Crippen molar-refractivity contribution < 1.29 is 14.7 Å². The van der Waals surface area contributed by atoms with Crippen LogP contribution < -0.4 is 0 Å². The minimum absolute atomic E-state index is 0.144. The Kier molecular flexibility index (Phi) is 3.81. The number of fused-ring (bicyclic) bond motifs is 1. The van der Waals surface area contributed by atoms with E-state index in [1.54, 1.807) is 37.3 Å². The van der Waals surface area contributed by atoms with Crippen LogP contribution in [0.5, 0.6) is 5.75 Å². The third-order valence-corrected chi connectivity index (χ3v) is 6.39. The fraction of sp³-hybridized carbons (Fsp3) is 0.333. The molecule has 4 nitrogen and oxygen atoms in total. The Hall–Kier alpha value is -1.78. The van der Waals surface area contributed by atoms with Gasteiger partial charge in [0.05, 0.1) is 0 Å². The number of amides is 2. The van der Waals surface area contributed by atoms with Gasteiger partial charge in [0.2, 0.25) is 0 Å². The Morgan fingerprint density at radius 3 is 2.58 bits per heavy atom. The van der Waals surface area contributed by atoms with E-state index in [0.29, 0.717) is 11.1 Å². The highest BCUT2D eigenvalue weighted by molar-refractivity contribution is 6.53. The number of hydrogen-bond donors (Lipinski definition) is 1. The molecule has 3 atom stereocenters. The van der Waals surface area contributed by atoms with Crippen LogP contribution >= 0.6 is 23.2 Å². The van der Waals surface area contributed by atoms with E-state index < -0.39 is 27.5 Å². The van der Waals surface area contributed by atoms with Crippen molar-refractivity contribution in [3.63, 3.8) is 0 Å². The summed E-state index contributed by atoms with van der Waals surface area (Å²) in [5.41, 5.74) is 2.09. The number of rotatable bonds is 2. The van der Waals surface area contributed by atoms with Gasteiger partial charge in [-0.05, 0) is 36.1 Å². The van der Waals surface area contributed by atoms with Gasteiger partial charge in [0.1, 0.15) is 5.75 Å². The first kappa shape index (κ1) is 17.1. The van der Waals surface area contributed by atoms with Crippen molar-refractivity contribution in [3.05, 3.63) is 53.6 Å². The summed E-state index contributed by atoms with van der Waals surface area (Å²) >= 11 is 13.4. The summed E-state index contributed by atoms with van der Waals surface area (Å²) < 4.78 is 0. The van der Waals surface area contributed by atoms with E-state index in [4.69, 9.17) is 23.2 Å². The average molecular weight is 366 g/mol. The number of aromatic hydroxyl groups is 1. The van der Waals surface area contributed by atoms with Crippen molar-refractivity contribution in [2.75, 3.05) is 7.05 Å². The number of hydrogen-bond acceptors (Lipinski definition) is 3. The molecule has 24 heavy (non-hydrogen) atoms. The normalized spacial score (nSPS) is 32.6. The maximum Gasteiger partial charge on any atom is 0.253 e. The van der Waals surface area contributed by atoms with E-state index in [1.165, 1.54) is 7.05 Å². The number of carbonyl (C=O) groups is 2. The lowest BCUT2D eigenvalue weighted by Gasteiger charge is -2.42. The highest BCUT2D eigenvalue weighted by atomic mass is 35.5. The maximum absolute atomic E-state index is 12.9. The molecule has 0 unspecified atom stereocenters. The first-order valence-corrected chi connectivity index (χ1v) is 8.26. The van der Waals surface area contributed by atoms with Crippen LogP contribution in [0.2, 0.25) is 0 Å². The molecule has 0 radical (unpaired) electrons. The molecule has 1 N–H and O–H groups in total. The van der Waals surface area contributed by atoms with E-state index in [1.807, 2.05) is 0 Å². The Labute approximate surface area is 150 Å². The number of aryl methyl sites for hydroxylation is 1. The summed E-state index contributed by atoms with van der Waals surface area (Å²) in [6.07, 6.45) is 3.59. The second-order valence-corrected chi connectivity index (χ2v) is 7.51. The van der Waals surface area contributed by atoms with Gasteiger partial charge >= 0.3 is 0 Å². The van der Waals surface area contributed by atoms with Gasteiger partial charge in [0.15, 0.2) is 9.75 Å². The largest absolute Gasteiger partial charge is 0.508 e. The first-order valence-electron chi connectivity index (χ1n) is 7.51. The number of likely N-dealkylation sites (tertiary alicyclic amines) is 1. The minimum atomic E-state index is -1.64. The summed E-state index contributed by atoms with van der Waals surface area (Å²) in [5.74, 6) is -1.51. The highest BCUT2D eigenvalue weighted by Gasteiger charge is 2.72. The zero-order chi connectivity index (χ0) is 17.9. The molecule has 1 aliphatic carbocycles. The molecule has 1 aromatic carbocycles. The number of imide groups is 1. The van der Waals surface area contributed by atoms with Crippen LogP contribution in [0.25, 0.3) is 0 Å². The van der Waals surface area contributed by atoms with Crippen LogP contribution in [0.15, 0.2) is 42.5 Å². The van der Waals surface area contributed by atoms with Crippen LogP contribution in [0.4, 0.5) is 0 Å². The highest BCUT2D eigenvalue weighted by Crippen LogP contribution is 2.58. The van der Waals surface area contributed by atoms with Gasteiger partial charge in [-0.3, -0.25) is 14.5 Å². The number of alkyl halides is 2. The number of nitrogens with zero attached hydrogens (tertiary/aromatic N) is 1. The molecule has 2 amide bonds.